The summed E-state index contributed by atoms with van der Waals surface area (Å²) in [6.45, 7) is 7.94. The molecule has 132 valence electrons. The van der Waals surface area contributed by atoms with Crippen LogP contribution in [0.1, 0.15) is 96.8 Å². The Bertz CT molecular complexity index is 212. The highest BCUT2D eigenvalue weighted by Crippen LogP contribution is 2.11. The molecule has 0 unspecified atom stereocenters. The van der Waals surface area contributed by atoms with E-state index in [1.54, 1.807) is 0 Å². The highest BCUT2D eigenvalue weighted by molar-refractivity contribution is 4.62. The first-order valence-electron chi connectivity index (χ1n) is 10.2. The zero-order valence-electron chi connectivity index (χ0n) is 15.3. The van der Waals surface area contributed by atoms with Crippen LogP contribution in [0.4, 0.5) is 0 Å². The summed E-state index contributed by atoms with van der Waals surface area (Å²) in [6.07, 6.45) is 19.6. The van der Waals surface area contributed by atoms with Gasteiger partial charge in [0.25, 0.3) is 0 Å². The zero-order valence-corrected chi connectivity index (χ0v) is 15.3. The molecule has 1 saturated heterocycles. The summed E-state index contributed by atoms with van der Waals surface area (Å²) in [5.41, 5.74) is 0. The molecule has 1 aliphatic heterocycles. The third-order valence-corrected chi connectivity index (χ3v) is 4.89. The van der Waals surface area contributed by atoms with Gasteiger partial charge in [0, 0.05) is 13.2 Å². The molecule has 0 atom stereocenters. The van der Waals surface area contributed by atoms with E-state index < -0.39 is 0 Å². The maximum Gasteiger partial charge on any atom is 0.0593 e. The van der Waals surface area contributed by atoms with E-state index in [2.05, 4.69) is 11.8 Å². The molecule has 0 N–H and O–H groups in total. The average molecular weight is 312 g/mol. The molecule has 1 heterocycles. The first-order chi connectivity index (χ1) is 10.9. The van der Waals surface area contributed by atoms with Gasteiger partial charge in [0.2, 0.25) is 0 Å². The van der Waals surface area contributed by atoms with Gasteiger partial charge in [-0.2, -0.15) is 0 Å². The Morgan fingerprint density at radius 3 is 1.82 bits per heavy atom. The normalized spacial score (nSPS) is 17.3. The number of unbranched alkanes of at least 4 members (excludes halogenated alkanes) is 8. The highest BCUT2D eigenvalue weighted by Gasteiger charge is 2.07. The number of nitrogens with zero attached hydrogens (tertiary/aromatic N) is 1. The first-order valence-corrected chi connectivity index (χ1v) is 10.2. The largest absolute Gasteiger partial charge is 0.380 e. The number of hydrogen-bond acceptors (Lipinski definition) is 2. The van der Waals surface area contributed by atoms with Crippen molar-refractivity contribution in [1.82, 2.24) is 4.90 Å². The predicted molar refractivity (Wildman–Crippen MR) is 97.6 cm³/mol. The van der Waals surface area contributed by atoms with E-state index in [-0.39, 0.29) is 0 Å². The second-order valence-electron chi connectivity index (χ2n) is 7.05. The summed E-state index contributed by atoms with van der Waals surface area (Å²) >= 11 is 0. The zero-order chi connectivity index (χ0) is 15.7. The third kappa shape index (κ3) is 12.5. The minimum Gasteiger partial charge on any atom is -0.380 e. The Labute approximate surface area is 140 Å². The Balaban J connectivity index is 1.77. The summed E-state index contributed by atoms with van der Waals surface area (Å²) in [6, 6.07) is 0. The average Bonchev–Trinajstić information content (AvgIpc) is 2.50. The van der Waals surface area contributed by atoms with Gasteiger partial charge in [-0.05, 0) is 32.4 Å². The van der Waals surface area contributed by atoms with Crippen molar-refractivity contribution in [3.05, 3.63) is 0 Å². The van der Waals surface area contributed by atoms with E-state index in [1.165, 1.54) is 103 Å². The molecule has 22 heavy (non-hydrogen) atoms. The molecule has 0 aromatic rings. The molecule has 0 spiro atoms. The van der Waals surface area contributed by atoms with Crippen LogP contribution in [-0.2, 0) is 4.74 Å². The summed E-state index contributed by atoms with van der Waals surface area (Å²) < 4.78 is 5.83. The van der Waals surface area contributed by atoms with E-state index in [1.807, 2.05) is 0 Å². The second-order valence-corrected chi connectivity index (χ2v) is 7.05. The number of ether oxygens (including phenoxy) is 1. The molecule has 0 bridgehead atoms. The molecule has 1 aliphatic rings. The minimum atomic E-state index is 0.941. The van der Waals surface area contributed by atoms with Crippen molar-refractivity contribution >= 4 is 0 Å². The van der Waals surface area contributed by atoms with E-state index >= 15 is 0 Å². The van der Waals surface area contributed by atoms with Gasteiger partial charge < -0.3 is 9.64 Å². The van der Waals surface area contributed by atoms with Crippen LogP contribution in [0.3, 0.4) is 0 Å². The molecule has 0 aliphatic carbocycles. The van der Waals surface area contributed by atoms with Gasteiger partial charge in [-0.1, -0.05) is 77.6 Å². The lowest BCUT2D eigenvalue weighted by atomic mass is 10.1. The van der Waals surface area contributed by atoms with Gasteiger partial charge in [-0.3, -0.25) is 0 Å². The molecular formula is C20H41NO. The van der Waals surface area contributed by atoms with Crippen LogP contribution < -0.4 is 0 Å². The topological polar surface area (TPSA) is 12.5 Å². The monoisotopic (exact) mass is 311 g/mol. The van der Waals surface area contributed by atoms with Crippen LogP contribution in [0.25, 0.3) is 0 Å². The minimum absolute atomic E-state index is 0.941. The number of hydrogen-bond donors (Lipinski definition) is 0. The molecule has 0 aromatic heterocycles. The third-order valence-electron chi connectivity index (χ3n) is 4.89. The number of rotatable bonds is 13. The summed E-state index contributed by atoms with van der Waals surface area (Å²) in [5, 5.41) is 0. The lowest BCUT2D eigenvalue weighted by Crippen LogP contribution is -2.30. The van der Waals surface area contributed by atoms with Crippen molar-refractivity contribution in [2.75, 3.05) is 32.8 Å². The Hall–Kier alpha value is -0.0800. The molecule has 1 rings (SSSR count). The molecular weight excluding hydrogens is 270 g/mol. The van der Waals surface area contributed by atoms with Crippen LogP contribution >= 0.6 is 0 Å². The highest BCUT2D eigenvalue weighted by atomic mass is 16.5. The van der Waals surface area contributed by atoms with Crippen molar-refractivity contribution < 1.29 is 4.74 Å². The van der Waals surface area contributed by atoms with Gasteiger partial charge in [-0.15, -0.1) is 0 Å². The summed E-state index contributed by atoms with van der Waals surface area (Å²) in [7, 11) is 0. The lowest BCUT2D eigenvalue weighted by Gasteiger charge is -2.24. The molecule has 1 fully saturated rings. The second kappa shape index (κ2) is 15.8. The van der Waals surface area contributed by atoms with Gasteiger partial charge in [0.1, 0.15) is 0 Å². The van der Waals surface area contributed by atoms with Gasteiger partial charge >= 0.3 is 0 Å². The van der Waals surface area contributed by atoms with Crippen molar-refractivity contribution in [3.8, 4) is 0 Å². The van der Waals surface area contributed by atoms with Gasteiger partial charge in [0.05, 0.1) is 6.61 Å². The quantitative estimate of drug-likeness (QED) is 0.399. The van der Waals surface area contributed by atoms with E-state index in [4.69, 9.17) is 4.74 Å². The van der Waals surface area contributed by atoms with Crippen molar-refractivity contribution in [1.29, 1.82) is 0 Å². The van der Waals surface area contributed by atoms with Gasteiger partial charge in [-0.25, -0.2) is 0 Å². The molecule has 0 aromatic carbocycles. The molecule has 0 saturated carbocycles. The molecule has 2 heteroatoms. The fourth-order valence-corrected chi connectivity index (χ4v) is 3.35. The van der Waals surface area contributed by atoms with Crippen LogP contribution in [0, 0.1) is 0 Å². The van der Waals surface area contributed by atoms with Crippen molar-refractivity contribution in [2.24, 2.45) is 0 Å². The van der Waals surface area contributed by atoms with Crippen LogP contribution in [-0.4, -0.2) is 37.7 Å². The smallest absolute Gasteiger partial charge is 0.0593 e. The van der Waals surface area contributed by atoms with E-state index in [0.717, 1.165) is 19.8 Å². The maximum atomic E-state index is 5.83. The molecule has 0 amide bonds. The summed E-state index contributed by atoms with van der Waals surface area (Å²) in [5.74, 6) is 0. The van der Waals surface area contributed by atoms with E-state index in [9.17, 15) is 0 Å². The van der Waals surface area contributed by atoms with Crippen LogP contribution in [0.2, 0.25) is 0 Å². The SMILES string of the molecule is CCCCCCCCCCCOCCN1CCCCCCC1. The Morgan fingerprint density at radius 2 is 1.18 bits per heavy atom. The fraction of sp³-hybridized carbons (Fsp3) is 1.00. The van der Waals surface area contributed by atoms with Crippen molar-refractivity contribution in [3.63, 3.8) is 0 Å². The maximum absolute atomic E-state index is 5.83. The van der Waals surface area contributed by atoms with Crippen LogP contribution in [0.5, 0.6) is 0 Å². The molecule has 2 nitrogen and oxygen atoms in total. The predicted octanol–water partition coefficient (Wildman–Crippen LogP) is 5.80. The Morgan fingerprint density at radius 1 is 0.636 bits per heavy atom. The standard InChI is InChI=1S/C20H41NO/c1-2-3-4-5-6-7-8-12-15-19-22-20-18-21-16-13-10-9-11-14-17-21/h2-20H2,1H3. The fourth-order valence-electron chi connectivity index (χ4n) is 3.35. The van der Waals surface area contributed by atoms with Crippen molar-refractivity contribution in [2.45, 2.75) is 96.8 Å². The Kier molecular flexibility index (Phi) is 14.3. The lowest BCUT2D eigenvalue weighted by molar-refractivity contribution is 0.0975. The van der Waals surface area contributed by atoms with E-state index in [0.29, 0.717) is 0 Å². The molecule has 0 radical (unpaired) electrons. The summed E-state index contributed by atoms with van der Waals surface area (Å²) in [4.78, 5) is 2.61. The first kappa shape index (κ1) is 20.0. The number of likely N-dealkylation sites (tertiary alicyclic amines) is 1. The van der Waals surface area contributed by atoms with Crippen LogP contribution in [0.15, 0.2) is 0 Å². The van der Waals surface area contributed by atoms with Gasteiger partial charge in [0.15, 0.2) is 0 Å².